The van der Waals surface area contributed by atoms with Gasteiger partial charge in [-0.3, -0.25) is 14.4 Å². The Balaban J connectivity index is 1.73. The molecule has 1 N–H and O–H groups in total. The van der Waals surface area contributed by atoms with Gasteiger partial charge in [0.05, 0.1) is 6.10 Å². The van der Waals surface area contributed by atoms with E-state index in [2.05, 4.69) is 19.2 Å². The van der Waals surface area contributed by atoms with E-state index in [1.807, 2.05) is 26.0 Å². The van der Waals surface area contributed by atoms with Gasteiger partial charge >= 0.3 is 0 Å². The third-order valence-electron chi connectivity index (χ3n) is 5.55. The number of ether oxygens (including phenoxy) is 1. The van der Waals surface area contributed by atoms with E-state index in [-0.39, 0.29) is 36.2 Å². The van der Waals surface area contributed by atoms with E-state index in [1.165, 1.54) is 0 Å². The molecule has 0 spiro atoms. The SMILES string of the molecule is CC(C)C[C@H](NC(=O)c1ccc(C(C)C)cc1)C(=O)N1CC[C@H]2OCC(=O)[C@H]21. The quantitative estimate of drug-likeness (QED) is 0.815. The molecule has 2 heterocycles. The first kappa shape index (κ1) is 20.5. The first-order valence-corrected chi connectivity index (χ1v) is 10.1. The van der Waals surface area contributed by atoms with Crippen molar-refractivity contribution in [1.82, 2.24) is 10.2 Å². The highest BCUT2D eigenvalue weighted by atomic mass is 16.5. The zero-order chi connectivity index (χ0) is 20.4. The Morgan fingerprint density at radius 2 is 1.86 bits per heavy atom. The Morgan fingerprint density at radius 3 is 2.46 bits per heavy atom. The Bertz CT molecular complexity index is 741. The maximum absolute atomic E-state index is 13.2. The molecule has 0 aliphatic carbocycles. The van der Waals surface area contributed by atoms with Crippen molar-refractivity contribution in [1.29, 1.82) is 0 Å². The van der Waals surface area contributed by atoms with Crippen molar-refractivity contribution in [3.63, 3.8) is 0 Å². The van der Waals surface area contributed by atoms with E-state index < -0.39 is 12.1 Å². The van der Waals surface area contributed by atoms with Gasteiger partial charge in [-0.15, -0.1) is 0 Å². The Kier molecular flexibility index (Phi) is 6.18. The first-order chi connectivity index (χ1) is 13.3. The van der Waals surface area contributed by atoms with Crippen LogP contribution in [0.25, 0.3) is 0 Å². The highest BCUT2D eigenvalue weighted by Gasteiger charge is 2.48. The fourth-order valence-corrected chi connectivity index (χ4v) is 4.00. The summed E-state index contributed by atoms with van der Waals surface area (Å²) >= 11 is 0. The fraction of sp³-hybridized carbons (Fsp3) is 0.591. The predicted molar refractivity (Wildman–Crippen MR) is 106 cm³/mol. The van der Waals surface area contributed by atoms with E-state index in [0.717, 1.165) is 5.56 Å². The molecule has 3 rings (SSSR count). The monoisotopic (exact) mass is 386 g/mol. The van der Waals surface area contributed by atoms with Gasteiger partial charge in [-0.1, -0.05) is 39.8 Å². The van der Waals surface area contributed by atoms with Crippen LogP contribution in [0, 0.1) is 5.92 Å². The second-order valence-electron chi connectivity index (χ2n) is 8.51. The number of carbonyl (C=O) groups excluding carboxylic acids is 3. The van der Waals surface area contributed by atoms with Gasteiger partial charge in [0.2, 0.25) is 5.91 Å². The number of benzene rings is 1. The van der Waals surface area contributed by atoms with Gasteiger partial charge in [0, 0.05) is 12.1 Å². The van der Waals surface area contributed by atoms with Gasteiger partial charge < -0.3 is 15.0 Å². The van der Waals surface area contributed by atoms with Crippen LogP contribution in [0.4, 0.5) is 0 Å². The highest BCUT2D eigenvalue weighted by Crippen LogP contribution is 2.28. The molecule has 2 fully saturated rings. The molecule has 0 aromatic heterocycles. The lowest BCUT2D eigenvalue weighted by atomic mass is 10.00. The molecule has 2 amide bonds. The van der Waals surface area contributed by atoms with Crippen LogP contribution in [0.5, 0.6) is 0 Å². The van der Waals surface area contributed by atoms with E-state index in [4.69, 9.17) is 4.74 Å². The van der Waals surface area contributed by atoms with Crippen molar-refractivity contribution >= 4 is 17.6 Å². The van der Waals surface area contributed by atoms with Gasteiger partial charge in [-0.05, 0) is 42.4 Å². The third-order valence-corrected chi connectivity index (χ3v) is 5.55. The van der Waals surface area contributed by atoms with Crippen LogP contribution in [0.2, 0.25) is 0 Å². The standard InChI is InChI=1S/C22H30N2O4/c1-13(2)11-17(22(27)24-10-9-19-20(24)18(25)12-28-19)23-21(26)16-7-5-15(6-8-16)14(3)4/h5-8,13-14,17,19-20H,9-12H2,1-4H3,(H,23,26)/t17-,19+,20+/m0/s1. The minimum Gasteiger partial charge on any atom is -0.368 e. The number of ketones is 1. The summed E-state index contributed by atoms with van der Waals surface area (Å²) in [4.78, 5) is 39.7. The molecule has 1 aromatic carbocycles. The molecule has 2 aliphatic rings. The minimum atomic E-state index is -0.649. The summed E-state index contributed by atoms with van der Waals surface area (Å²) in [7, 11) is 0. The van der Waals surface area contributed by atoms with Gasteiger partial charge in [0.25, 0.3) is 5.91 Å². The summed E-state index contributed by atoms with van der Waals surface area (Å²) in [6.07, 6.45) is 0.995. The maximum atomic E-state index is 13.2. The second kappa shape index (κ2) is 8.43. The van der Waals surface area contributed by atoms with Crippen molar-refractivity contribution in [3.05, 3.63) is 35.4 Å². The smallest absolute Gasteiger partial charge is 0.251 e. The lowest BCUT2D eigenvalue weighted by Crippen LogP contribution is -2.52. The van der Waals surface area contributed by atoms with E-state index in [0.29, 0.717) is 30.9 Å². The number of carbonyl (C=O) groups is 3. The summed E-state index contributed by atoms with van der Waals surface area (Å²) in [5.41, 5.74) is 1.69. The van der Waals surface area contributed by atoms with Gasteiger partial charge in [-0.25, -0.2) is 0 Å². The Labute approximate surface area is 166 Å². The highest BCUT2D eigenvalue weighted by molar-refractivity contribution is 5.99. The second-order valence-corrected chi connectivity index (χ2v) is 8.51. The van der Waals surface area contributed by atoms with Gasteiger partial charge in [0.15, 0.2) is 5.78 Å². The number of nitrogens with one attached hydrogen (secondary N) is 1. The molecule has 2 aliphatic heterocycles. The Hall–Kier alpha value is -2.21. The number of hydrogen-bond acceptors (Lipinski definition) is 4. The molecular formula is C22H30N2O4. The van der Waals surface area contributed by atoms with E-state index in [1.54, 1.807) is 17.0 Å². The first-order valence-electron chi connectivity index (χ1n) is 10.1. The topological polar surface area (TPSA) is 75.7 Å². The lowest BCUT2D eigenvalue weighted by Gasteiger charge is -2.28. The average Bonchev–Trinajstić information content (AvgIpc) is 3.23. The molecule has 3 atom stereocenters. The number of hydrogen-bond donors (Lipinski definition) is 1. The van der Waals surface area contributed by atoms with E-state index in [9.17, 15) is 14.4 Å². The molecule has 6 heteroatoms. The van der Waals surface area contributed by atoms with Crippen molar-refractivity contribution in [3.8, 4) is 0 Å². The summed E-state index contributed by atoms with van der Waals surface area (Å²) < 4.78 is 5.48. The average molecular weight is 386 g/mol. The van der Waals surface area contributed by atoms with Crippen LogP contribution in [0.3, 0.4) is 0 Å². The normalized spacial score (nSPS) is 22.6. The van der Waals surface area contributed by atoms with Crippen LogP contribution in [0.1, 0.15) is 62.4 Å². The molecule has 6 nitrogen and oxygen atoms in total. The molecule has 2 saturated heterocycles. The minimum absolute atomic E-state index is 0.0465. The Morgan fingerprint density at radius 1 is 1.18 bits per heavy atom. The van der Waals surface area contributed by atoms with Crippen LogP contribution in [-0.2, 0) is 14.3 Å². The molecule has 0 unspecified atom stereocenters. The molecule has 1 aromatic rings. The fourth-order valence-electron chi connectivity index (χ4n) is 4.00. The van der Waals surface area contributed by atoms with Crippen LogP contribution in [-0.4, -0.2) is 53.8 Å². The van der Waals surface area contributed by atoms with Crippen molar-refractivity contribution in [2.45, 2.75) is 64.6 Å². The molecule has 28 heavy (non-hydrogen) atoms. The van der Waals surface area contributed by atoms with Gasteiger partial charge in [-0.2, -0.15) is 0 Å². The molecule has 0 saturated carbocycles. The van der Waals surface area contributed by atoms with Crippen LogP contribution >= 0.6 is 0 Å². The number of amides is 2. The number of fused-ring (bicyclic) bond motifs is 1. The summed E-state index contributed by atoms with van der Waals surface area (Å²) in [5, 5.41) is 2.90. The van der Waals surface area contributed by atoms with Crippen LogP contribution < -0.4 is 5.32 Å². The molecular weight excluding hydrogens is 356 g/mol. The zero-order valence-corrected chi connectivity index (χ0v) is 17.1. The molecule has 0 bridgehead atoms. The summed E-state index contributed by atoms with van der Waals surface area (Å²) in [6, 6.07) is 6.33. The van der Waals surface area contributed by atoms with Crippen molar-refractivity contribution in [2.24, 2.45) is 5.92 Å². The largest absolute Gasteiger partial charge is 0.368 e. The predicted octanol–water partition coefficient (Wildman–Crippen LogP) is 2.52. The summed E-state index contributed by atoms with van der Waals surface area (Å²) in [6.45, 7) is 8.80. The number of Topliss-reactive ketones (excluding diaryl/α,β-unsaturated/α-hetero) is 1. The lowest BCUT2D eigenvalue weighted by molar-refractivity contribution is -0.138. The maximum Gasteiger partial charge on any atom is 0.251 e. The molecule has 0 radical (unpaired) electrons. The van der Waals surface area contributed by atoms with E-state index >= 15 is 0 Å². The van der Waals surface area contributed by atoms with Gasteiger partial charge in [0.1, 0.15) is 18.7 Å². The van der Waals surface area contributed by atoms with Crippen molar-refractivity contribution in [2.75, 3.05) is 13.2 Å². The number of nitrogens with zero attached hydrogens (tertiary/aromatic N) is 1. The van der Waals surface area contributed by atoms with Crippen LogP contribution in [0.15, 0.2) is 24.3 Å². The number of likely N-dealkylation sites (tertiary alicyclic amines) is 1. The molecule has 152 valence electrons. The summed E-state index contributed by atoms with van der Waals surface area (Å²) in [5.74, 6) is 0.120. The zero-order valence-electron chi connectivity index (χ0n) is 17.1. The van der Waals surface area contributed by atoms with Crippen molar-refractivity contribution < 1.29 is 19.1 Å². The number of rotatable bonds is 6. The third kappa shape index (κ3) is 4.27.